The van der Waals surface area contributed by atoms with Crippen LogP contribution in [0.4, 0.5) is 34.5 Å². The number of carbonyl (C=O) groups is 3. The summed E-state index contributed by atoms with van der Waals surface area (Å²) < 4.78 is 38.5. The fourth-order valence-electron chi connectivity index (χ4n) is 9.52. The number of halogens is 1. The second-order valence-electron chi connectivity index (χ2n) is 17.0. The third-order valence-corrected chi connectivity index (χ3v) is 14.4. The highest BCUT2D eigenvalue weighted by Gasteiger charge is 2.40. The third kappa shape index (κ3) is 9.22. The van der Waals surface area contributed by atoms with Gasteiger partial charge in [0.25, 0.3) is 0 Å². The van der Waals surface area contributed by atoms with E-state index in [4.69, 9.17) is 21.1 Å². The summed E-state index contributed by atoms with van der Waals surface area (Å²) in [7, 11) is -1.84. The monoisotopic (exact) mass is 897 g/mol. The number of piperazine rings is 1. The van der Waals surface area contributed by atoms with Crippen LogP contribution in [0.1, 0.15) is 55.6 Å². The van der Waals surface area contributed by atoms with Crippen LogP contribution in [0.3, 0.4) is 0 Å². The number of imide groups is 1. The van der Waals surface area contributed by atoms with E-state index in [1.54, 1.807) is 7.11 Å². The van der Waals surface area contributed by atoms with Gasteiger partial charge in [0.05, 0.1) is 42.5 Å². The first-order chi connectivity index (χ1) is 30.4. The maximum Gasteiger partial charge on any atom is 0.234 e. The van der Waals surface area contributed by atoms with E-state index in [9.17, 15) is 22.8 Å². The molecule has 18 heteroatoms. The molecule has 3 amide bonds. The van der Waals surface area contributed by atoms with Crippen molar-refractivity contribution < 1.29 is 32.3 Å². The molecule has 3 aromatic carbocycles. The summed E-state index contributed by atoms with van der Waals surface area (Å²) in [6, 6.07) is 19.6. The van der Waals surface area contributed by atoms with E-state index in [2.05, 4.69) is 41.8 Å². The van der Waals surface area contributed by atoms with Gasteiger partial charge in [0.2, 0.25) is 33.7 Å². The molecular weight excluding hydrogens is 846 g/mol. The first-order valence-electron chi connectivity index (χ1n) is 21.6. The smallest absolute Gasteiger partial charge is 0.234 e. The molecule has 5 aliphatic rings. The van der Waals surface area contributed by atoms with Crippen molar-refractivity contribution in [2.45, 2.75) is 63.0 Å². The lowest BCUT2D eigenvalue weighted by molar-refractivity contribution is -0.143. The Hall–Kier alpha value is -5.65. The van der Waals surface area contributed by atoms with Gasteiger partial charge in [0.1, 0.15) is 22.6 Å². The van der Waals surface area contributed by atoms with E-state index in [1.165, 1.54) is 16.8 Å². The zero-order valence-electron chi connectivity index (χ0n) is 35.4. The Kier molecular flexibility index (Phi) is 12.1. The van der Waals surface area contributed by atoms with Crippen molar-refractivity contribution in [3.8, 4) is 11.5 Å². The van der Waals surface area contributed by atoms with Gasteiger partial charge in [-0.15, -0.1) is 0 Å². The highest BCUT2D eigenvalue weighted by molar-refractivity contribution is 7.92. The van der Waals surface area contributed by atoms with Crippen LogP contribution in [0.5, 0.6) is 11.5 Å². The summed E-state index contributed by atoms with van der Waals surface area (Å²) in [6.45, 7) is 5.35. The van der Waals surface area contributed by atoms with E-state index in [1.807, 2.05) is 59.5 Å². The molecule has 4 aromatic rings. The van der Waals surface area contributed by atoms with Crippen molar-refractivity contribution in [1.82, 2.24) is 25.1 Å². The summed E-state index contributed by atoms with van der Waals surface area (Å²) in [5.41, 5.74) is 4.70. The SMILES string of the molecule is COc1cc(N2CCC(N3CCN(C(=O)[C@H]4C[C@H](Oc5cccc(C6CCC(=O)NC6=O)c5)C4)CC3)CC2)ccc1Nc1ncc(Cl)c(Nc2cccc3c2N(S(C)(=O)=O)CC3)n1. The number of rotatable bonds is 12. The molecule has 0 bridgehead atoms. The number of para-hydroxylation sites is 1. The molecule has 63 heavy (non-hydrogen) atoms. The Morgan fingerprint density at radius 3 is 2.41 bits per heavy atom. The Morgan fingerprint density at radius 1 is 0.889 bits per heavy atom. The lowest BCUT2D eigenvalue weighted by Crippen LogP contribution is -2.56. The van der Waals surface area contributed by atoms with E-state index in [-0.39, 0.29) is 40.7 Å². The number of sulfonamides is 1. The number of amides is 3. The minimum atomic E-state index is -3.47. The molecule has 0 spiro atoms. The van der Waals surface area contributed by atoms with Gasteiger partial charge in [-0.1, -0.05) is 35.9 Å². The maximum atomic E-state index is 13.5. The first kappa shape index (κ1) is 42.6. The second-order valence-corrected chi connectivity index (χ2v) is 19.3. The van der Waals surface area contributed by atoms with Crippen LogP contribution >= 0.6 is 11.6 Å². The number of fused-ring (bicyclic) bond motifs is 1. The maximum absolute atomic E-state index is 13.5. The van der Waals surface area contributed by atoms with Crippen LogP contribution in [0, 0.1) is 5.92 Å². The average molecular weight is 898 g/mol. The standard InChI is InChI=1S/C45H52ClN9O7S/c1-61-39-26-32(9-11-37(39)49-45-47-27-36(46)42(51-45)48-38-8-4-5-28-13-18-55(41(28)38)63(2,59)60)52-16-14-31(15-17-52)53-19-21-54(22-20-53)44(58)30-24-34(25-30)62-33-7-3-6-29(23-33)35-10-12-40(56)50-43(35)57/h3-9,11,23,26-27,30-31,34-35H,10,12-22,24-25H2,1-2H3,(H,50,56,57)(H2,47,48,49,51)/t30-,34-,35?. The number of nitrogens with zero attached hydrogens (tertiary/aromatic N) is 6. The highest BCUT2D eigenvalue weighted by Crippen LogP contribution is 2.40. The number of ether oxygens (including phenoxy) is 2. The number of anilines is 6. The van der Waals surface area contributed by atoms with E-state index in [0.29, 0.717) is 85.0 Å². The summed E-state index contributed by atoms with van der Waals surface area (Å²) in [5.74, 6) is 1.27. The molecule has 1 saturated carbocycles. The molecule has 4 aliphatic heterocycles. The molecule has 4 fully saturated rings. The van der Waals surface area contributed by atoms with Gasteiger partial charge < -0.3 is 29.9 Å². The highest BCUT2D eigenvalue weighted by atomic mass is 35.5. The topological polar surface area (TPSA) is 179 Å². The molecule has 332 valence electrons. The van der Waals surface area contributed by atoms with Crippen molar-refractivity contribution in [3.63, 3.8) is 0 Å². The molecule has 3 saturated heterocycles. The Bertz CT molecular complexity index is 2510. The molecule has 16 nitrogen and oxygen atoms in total. The molecule has 0 radical (unpaired) electrons. The van der Waals surface area contributed by atoms with Crippen LogP contribution < -0.4 is 34.6 Å². The summed E-state index contributed by atoms with van der Waals surface area (Å²) >= 11 is 6.53. The van der Waals surface area contributed by atoms with Crippen molar-refractivity contribution in [2.24, 2.45) is 5.92 Å². The van der Waals surface area contributed by atoms with Gasteiger partial charge in [0, 0.05) is 75.9 Å². The number of nitrogens with one attached hydrogen (secondary N) is 3. The van der Waals surface area contributed by atoms with Crippen molar-refractivity contribution >= 4 is 73.9 Å². The van der Waals surface area contributed by atoms with Crippen molar-refractivity contribution in [1.29, 1.82) is 0 Å². The van der Waals surface area contributed by atoms with E-state index < -0.39 is 10.0 Å². The largest absolute Gasteiger partial charge is 0.494 e. The molecule has 9 rings (SSSR count). The predicted molar refractivity (Wildman–Crippen MR) is 241 cm³/mol. The van der Waals surface area contributed by atoms with E-state index in [0.717, 1.165) is 68.9 Å². The van der Waals surface area contributed by atoms with Gasteiger partial charge in [-0.2, -0.15) is 4.98 Å². The van der Waals surface area contributed by atoms with Gasteiger partial charge in [-0.3, -0.25) is 28.9 Å². The quantitative estimate of drug-likeness (QED) is 0.153. The van der Waals surface area contributed by atoms with Crippen LogP contribution in [-0.2, 0) is 30.8 Å². The lowest BCUT2D eigenvalue weighted by atomic mass is 9.81. The molecule has 1 aliphatic carbocycles. The minimum absolute atomic E-state index is 0.0349. The van der Waals surface area contributed by atoms with Gasteiger partial charge >= 0.3 is 0 Å². The number of methoxy groups -OCH3 is 1. The Morgan fingerprint density at radius 2 is 1.67 bits per heavy atom. The van der Waals surface area contributed by atoms with Crippen molar-refractivity contribution in [2.75, 3.05) is 79.0 Å². The fourth-order valence-corrected chi connectivity index (χ4v) is 10.6. The minimum Gasteiger partial charge on any atom is -0.494 e. The first-order valence-corrected chi connectivity index (χ1v) is 23.8. The normalized spacial score (nSPS) is 22.0. The van der Waals surface area contributed by atoms with Gasteiger partial charge in [-0.05, 0) is 80.0 Å². The number of piperidine rings is 2. The van der Waals surface area contributed by atoms with Crippen LogP contribution in [-0.4, -0.2) is 117 Å². The molecule has 1 unspecified atom stereocenters. The Balaban J connectivity index is 0.739. The molecule has 1 aromatic heterocycles. The Labute approximate surface area is 372 Å². The summed E-state index contributed by atoms with van der Waals surface area (Å²) in [4.78, 5) is 53.4. The molecular formula is C45H52ClN9O7S. The van der Waals surface area contributed by atoms with Crippen LogP contribution in [0.2, 0.25) is 5.02 Å². The zero-order valence-corrected chi connectivity index (χ0v) is 37.0. The lowest BCUT2D eigenvalue weighted by Gasteiger charge is -2.45. The molecule has 3 N–H and O–H groups in total. The summed E-state index contributed by atoms with van der Waals surface area (Å²) in [5, 5.41) is 9.21. The molecule has 5 heterocycles. The average Bonchev–Trinajstić information content (AvgIpc) is 3.73. The predicted octanol–water partition coefficient (Wildman–Crippen LogP) is 5.44. The van der Waals surface area contributed by atoms with Crippen molar-refractivity contribution in [3.05, 3.63) is 83.0 Å². The number of hydrogen-bond acceptors (Lipinski definition) is 13. The second kappa shape index (κ2) is 17.8. The fraction of sp³-hybridized carbons (Fsp3) is 0.444. The number of benzene rings is 3. The number of carbonyl (C=O) groups excluding carboxylic acids is 3. The van der Waals surface area contributed by atoms with Gasteiger partial charge in [-0.25, -0.2) is 13.4 Å². The van der Waals surface area contributed by atoms with Crippen LogP contribution in [0.25, 0.3) is 0 Å². The zero-order chi connectivity index (χ0) is 43.8. The number of aromatic nitrogens is 2. The van der Waals surface area contributed by atoms with Gasteiger partial charge in [0.15, 0.2) is 5.82 Å². The molecule has 1 atom stereocenters. The summed E-state index contributed by atoms with van der Waals surface area (Å²) in [6.07, 6.45) is 7.50. The number of hydrogen-bond donors (Lipinski definition) is 3. The third-order valence-electron chi connectivity index (χ3n) is 13.0. The van der Waals surface area contributed by atoms with Crippen LogP contribution in [0.15, 0.2) is 66.9 Å². The van der Waals surface area contributed by atoms with E-state index >= 15 is 0 Å².